The van der Waals surface area contributed by atoms with Crippen LogP contribution in [0.5, 0.6) is 0 Å². The van der Waals surface area contributed by atoms with Crippen LogP contribution >= 0.6 is 0 Å². The van der Waals surface area contributed by atoms with Crippen LogP contribution in [-0.2, 0) is 4.79 Å². The van der Waals surface area contributed by atoms with E-state index in [1.54, 1.807) is 24.5 Å². The van der Waals surface area contributed by atoms with E-state index in [4.69, 9.17) is 0 Å². The summed E-state index contributed by atoms with van der Waals surface area (Å²) < 4.78 is 0. The maximum atomic E-state index is 12.6. The SMILES string of the molecule is CC(NC(=O)CC(NC(=O)c1ccccc1)c1ccccc1)c1cccnc1. The minimum Gasteiger partial charge on any atom is -0.349 e. The third-order valence-electron chi connectivity index (χ3n) is 4.49. The third kappa shape index (κ3) is 5.27. The molecule has 0 aliphatic heterocycles. The van der Waals surface area contributed by atoms with Crippen molar-refractivity contribution in [3.8, 4) is 0 Å². The van der Waals surface area contributed by atoms with Gasteiger partial charge in [-0.3, -0.25) is 14.6 Å². The zero-order valence-corrected chi connectivity index (χ0v) is 15.7. The van der Waals surface area contributed by atoms with Crippen LogP contribution in [-0.4, -0.2) is 16.8 Å². The lowest BCUT2D eigenvalue weighted by Gasteiger charge is -2.21. The van der Waals surface area contributed by atoms with Crippen molar-refractivity contribution in [2.75, 3.05) is 0 Å². The molecule has 0 saturated heterocycles. The van der Waals surface area contributed by atoms with E-state index in [9.17, 15) is 9.59 Å². The normalized spacial score (nSPS) is 12.6. The Morgan fingerprint density at radius 1 is 0.857 bits per heavy atom. The van der Waals surface area contributed by atoms with Gasteiger partial charge in [0.15, 0.2) is 0 Å². The molecular formula is C23H23N3O2. The van der Waals surface area contributed by atoms with Gasteiger partial charge in [-0.25, -0.2) is 0 Å². The molecule has 1 heterocycles. The number of pyridine rings is 1. The number of carbonyl (C=O) groups is 2. The van der Waals surface area contributed by atoms with Crippen molar-refractivity contribution in [1.29, 1.82) is 0 Å². The summed E-state index contributed by atoms with van der Waals surface area (Å²) in [6, 6.07) is 21.7. The molecule has 0 aliphatic rings. The molecule has 0 saturated carbocycles. The zero-order valence-electron chi connectivity index (χ0n) is 15.7. The number of hydrogen-bond donors (Lipinski definition) is 2. The second kappa shape index (κ2) is 9.46. The monoisotopic (exact) mass is 373 g/mol. The maximum Gasteiger partial charge on any atom is 0.251 e. The molecule has 0 fully saturated rings. The summed E-state index contributed by atoms with van der Waals surface area (Å²) >= 11 is 0. The van der Waals surface area contributed by atoms with Crippen LogP contribution in [0, 0.1) is 0 Å². The van der Waals surface area contributed by atoms with E-state index in [0.717, 1.165) is 11.1 Å². The molecule has 2 unspecified atom stereocenters. The predicted molar refractivity (Wildman–Crippen MR) is 109 cm³/mol. The molecule has 2 atom stereocenters. The summed E-state index contributed by atoms with van der Waals surface area (Å²) in [5, 5.41) is 5.96. The molecule has 5 heteroatoms. The van der Waals surface area contributed by atoms with Crippen molar-refractivity contribution in [2.45, 2.75) is 25.4 Å². The Labute approximate surface area is 164 Å². The fourth-order valence-corrected chi connectivity index (χ4v) is 2.97. The van der Waals surface area contributed by atoms with Gasteiger partial charge >= 0.3 is 0 Å². The summed E-state index contributed by atoms with van der Waals surface area (Å²) in [6.07, 6.45) is 3.58. The Balaban J connectivity index is 1.70. The van der Waals surface area contributed by atoms with Crippen molar-refractivity contribution in [2.24, 2.45) is 0 Å². The van der Waals surface area contributed by atoms with E-state index < -0.39 is 6.04 Å². The van der Waals surface area contributed by atoms with Gasteiger partial charge in [0.2, 0.25) is 5.91 Å². The van der Waals surface area contributed by atoms with Crippen molar-refractivity contribution in [3.05, 3.63) is 102 Å². The average Bonchev–Trinajstić information content (AvgIpc) is 2.75. The highest BCUT2D eigenvalue weighted by Crippen LogP contribution is 2.19. The van der Waals surface area contributed by atoms with Crippen molar-refractivity contribution in [1.82, 2.24) is 15.6 Å². The third-order valence-corrected chi connectivity index (χ3v) is 4.49. The molecule has 5 nitrogen and oxygen atoms in total. The minimum atomic E-state index is -0.421. The highest BCUT2D eigenvalue weighted by atomic mass is 16.2. The molecule has 0 radical (unpaired) electrons. The molecule has 0 aliphatic carbocycles. The summed E-state index contributed by atoms with van der Waals surface area (Å²) in [5.41, 5.74) is 2.38. The first kappa shape index (κ1) is 19.3. The van der Waals surface area contributed by atoms with Crippen LogP contribution in [0.3, 0.4) is 0 Å². The number of hydrogen-bond acceptors (Lipinski definition) is 3. The molecule has 28 heavy (non-hydrogen) atoms. The standard InChI is InChI=1S/C23H23N3O2/c1-17(20-13-8-14-24-16-20)25-22(27)15-21(18-9-4-2-5-10-18)26-23(28)19-11-6-3-7-12-19/h2-14,16-17,21H,15H2,1H3,(H,25,27)(H,26,28). The Bertz CT molecular complexity index is 899. The summed E-state index contributed by atoms with van der Waals surface area (Å²) in [7, 11) is 0. The van der Waals surface area contributed by atoms with Crippen LogP contribution in [0.15, 0.2) is 85.2 Å². The van der Waals surface area contributed by atoms with Crippen LogP contribution in [0.4, 0.5) is 0 Å². The Kier molecular flexibility index (Phi) is 6.52. The van der Waals surface area contributed by atoms with E-state index in [2.05, 4.69) is 15.6 Å². The first-order valence-electron chi connectivity index (χ1n) is 9.23. The van der Waals surface area contributed by atoms with Crippen LogP contribution in [0.25, 0.3) is 0 Å². The average molecular weight is 373 g/mol. The summed E-state index contributed by atoms with van der Waals surface area (Å²) in [6.45, 7) is 1.91. The number of benzene rings is 2. The number of rotatable bonds is 7. The van der Waals surface area contributed by atoms with Gasteiger partial charge in [-0.2, -0.15) is 0 Å². The molecule has 142 valence electrons. The van der Waals surface area contributed by atoms with E-state index in [1.165, 1.54) is 0 Å². The Morgan fingerprint density at radius 2 is 1.50 bits per heavy atom. The first-order chi connectivity index (χ1) is 13.6. The van der Waals surface area contributed by atoms with Gasteiger partial charge in [0, 0.05) is 18.0 Å². The number of aromatic nitrogens is 1. The smallest absolute Gasteiger partial charge is 0.251 e. The molecular weight excluding hydrogens is 350 g/mol. The highest BCUT2D eigenvalue weighted by molar-refractivity contribution is 5.94. The molecule has 1 aromatic heterocycles. The number of nitrogens with one attached hydrogen (secondary N) is 2. The summed E-state index contributed by atoms with van der Waals surface area (Å²) in [4.78, 5) is 29.3. The maximum absolute atomic E-state index is 12.6. The Hall–Kier alpha value is -3.47. The molecule has 2 aromatic carbocycles. The minimum absolute atomic E-state index is 0.140. The van der Waals surface area contributed by atoms with Crippen LogP contribution < -0.4 is 10.6 Å². The lowest BCUT2D eigenvalue weighted by molar-refractivity contribution is -0.122. The second-order valence-electron chi connectivity index (χ2n) is 6.58. The molecule has 0 spiro atoms. The predicted octanol–water partition coefficient (Wildman–Crippen LogP) is 3.82. The highest BCUT2D eigenvalue weighted by Gasteiger charge is 2.20. The number of amides is 2. The van der Waals surface area contributed by atoms with Crippen molar-refractivity contribution < 1.29 is 9.59 Å². The fraction of sp³-hybridized carbons (Fsp3) is 0.174. The van der Waals surface area contributed by atoms with Crippen LogP contribution in [0.2, 0.25) is 0 Å². The van der Waals surface area contributed by atoms with Crippen molar-refractivity contribution in [3.63, 3.8) is 0 Å². The van der Waals surface area contributed by atoms with Gasteiger partial charge in [0.05, 0.1) is 18.5 Å². The van der Waals surface area contributed by atoms with E-state index in [-0.39, 0.29) is 24.3 Å². The molecule has 2 N–H and O–H groups in total. The number of carbonyl (C=O) groups excluding carboxylic acids is 2. The van der Waals surface area contributed by atoms with E-state index in [0.29, 0.717) is 5.56 Å². The largest absolute Gasteiger partial charge is 0.349 e. The van der Waals surface area contributed by atoms with Gasteiger partial charge in [-0.05, 0) is 36.2 Å². The summed E-state index contributed by atoms with van der Waals surface area (Å²) in [5.74, 6) is -0.346. The first-order valence-corrected chi connectivity index (χ1v) is 9.23. The van der Waals surface area contributed by atoms with Gasteiger partial charge < -0.3 is 10.6 Å². The zero-order chi connectivity index (χ0) is 19.8. The quantitative estimate of drug-likeness (QED) is 0.661. The molecule has 2 amide bonds. The van der Waals surface area contributed by atoms with Gasteiger partial charge in [-0.1, -0.05) is 54.6 Å². The van der Waals surface area contributed by atoms with Gasteiger partial charge in [0.1, 0.15) is 0 Å². The molecule has 3 rings (SSSR count). The Morgan fingerprint density at radius 3 is 2.14 bits per heavy atom. The van der Waals surface area contributed by atoms with Gasteiger partial charge in [-0.15, -0.1) is 0 Å². The van der Waals surface area contributed by atoms with E-state index in [1.807, 2.05) is 67.6 Å². The lowest BCUT2D eigenvalue weighted by atomic mass is 10.0. The van der Waals surface area contributed by atoms with Gasteiger partial charge in [0.25, 0.3) is 5.91 Å². The molecule has 3 aromatic rings. The number of nitrogens with zero attached hydrogens (tertiary/aromatic N) is 1. The topological polar surface area (TPSA) is 71.1 Å². The molecule has 0 bridgehead atoms. The fourth-order valence-electron chi connectivity index (χ4n) is 2.97. The van der Waals surface area contributed by atoms with E-state index >= 15 is 0 Å². The van der Waals surface area contributed by atoms with Crippen molar-refractivity contribution >= 4 is 11.8 Å². The second-order valence-corrected chi connectivity index (χ2v) is 6.58. The lowest BCUT2D eigenvalue weighted by Crippen LogP contribution is -2.34. The van der Waals surface area contributed by atoms with Crippen LogP contribution in [0.1, 0.15) is 46.9 Å².